The van der Waals surface area contributed by atoms with E-state index in [9.17, 15) is 0 Å². The lowest BCUT2D eigenvalue weighted by Crippen LogP contribution is -2.21. The zero-order valence-corrected chi connectivity index (χ0v) is 14.0. The van der Waals surface area contributed by atoms with Crippen LogP contribution in [-0.4, -0.2) is 22.1 Å². The van der Waals surface area contributed by atoms with Crippen molar-refractivity contribution in [1.29, 1.82) is 0 Å². The first kappa shape index (κ1) is 14.7. The van der Waals surface area contributed by atoms with Crippen LogP contribution in [0.2, 0.25) is 4.34 Å². The van der Waals surface area contributed by atoms with E-state index in [2.05, 4.69) is 22.0 Å². The van der Waals surface area contributed by atoms with E-state index in [1.807, 2.05) is 36.7 Å². The molecule has 0 aliphatic rings. The second kappa shape index (κ2) is 6.27. The lowest BCUT2D eigenvalue weighted by molar-refractivity contribution is 0.220. The summed E-state index contributed by atoms with van der Waals surface area (Å²) >= 11 is 9.14. The van der Waals surface area contributed by atoms with Crippen LogP contribution in [0.15, 0.2) is 34.1 Å². The maximum atomic E-state index is 5.96. The number of hydrogen-bond acceptors (Lipinski definition) is 6. The van der Waals surface area contributed by atoms with Crippen molar-refractivity contribution in [2.75, 3.05) is 7.05 Å². The average Bonchev–Trinajstić information content (AvgIpc) is 3.18. The van der Waals surface area contributed by atoms with Crippen molar-refractivity contribution >= 4 is 34.3 Å². The Hall–Kier alpha value is -1.21. The Morgan fingerprint density at radius 1 is 1.33 bits per heavy atom. The quantitative estimate of drug-likeness (QED) is 0.675. The zero-order chi connectivity index (χ0) is 14.8. The Bertz CT molecular complexity index is 707. The Balaban J connectivity index is 1.71. The summed E-state index contributed by atoms with van der Waals surface area (Å²) in [5.41, 5.74) is 0. The zero-order valence-electron chi connectivity index (χ0n) is 11.6. The first-order valence-corrected chi connectivity index (χ1v) is 8.52. The number of nitrogens with zero attached hydrogens (tertiary/aromatic N) is 3. The fraction of sp³-hybridized carbons (Fsp3) is 0.286. The monoisotopic (exact) mass is 339 g/mol. The van der Waals surface area contributed by atoms with Gasteiger partial charge in [-0.25, -0.2) is 0 Å². The van der Waals surface area contributed by atoms with E-state index < -0.39 is 0 Å². The summed E-state index contributed by atoms with van der Waals surface area (Å²) in [5.74, 6) is 1.21. The van der Waals surface area contributed by atoms with Crippen molar-refractivity contribution in [3.05, 3.63) is 44.7 Å². The van der Waals surface area contributed by atoms with Gasteiger partial charge in [-0.1, -0.05) is 17.7 Å². The van der Waals surface area contributed by atoms with Gasteiger partial charge < -0.3 is 4.42 Å². The minimum absolute atomic E-state index is 0.0482. The highest BCUT2D eigenvalue weighted by Crippen LogP contribution is 2.28. The van der Waals surface area contributed by atoms with Crippen molar-refractivity contribution < 1.29 is 4.42 Å². The molecule has 3 aromatic rings. The lowest BCUT2D eigenvalue weighted by atomic mass is 10.3. The van der Waals surface area contributed by atoms with Gasteiger partial charge in [0.15, 0.2) is 0 Å². The van der Waals surface area contributed by atoms with E-state index in [-0.39, 0.29) is 6.04 Å². The number of aromatic nitrogens is 2. The van der Waals surface area contributed by atoms with Gasteiger partial charge in [-0.2, -0.15) is 0 Å². The Kier molecular flexibility index (Phi) is 4.40. The molecule has 0 bridgehead atoms. The van der Waals surface area contributed by atoms with Gasteiger partial charge in [0.1, 0.15) is 0 Å². The fourth-order valence-electron chi connectivity index (χ4n) is 1.91. The number of thiophene rings is 2. The van der Waals surface area contributed by atoms with E-state index in [4.69, 9.17) is 16.0 Å². The van der Waals surface area contributed by atoms with Crippen LogP contribution in [0.5, 0.6) is 0 Å². The van der Waals surface area contributed by atoms with Crippen molar-refractivity contribution in [1.82, 2.24) is 15.1 Å². The molecule has 21 heavy (non-hydrogen) atoms. The summed E-state index contributed by atoms with van der Waals surface area (Å²) in [6.45, 7) is 2.86. The van der Waals surface area contributed by atoms with Crippen LogP contribution in [0.25, 0.3) is 10.8 Å². The molecule has 0 aliphatic heterocycles. The first-order chi connectivity index (χ1) is 10.1. The Morgan fingerprint density at radius 3 is 2.86 bits per heavy atom. The van der Waals surface area contributed by atoms with Crippen molar-refractivity contribution in [2.45, 2.75) is 19.5 Å². The Morgan fingerprint density at radius 2 is 2.19 bits per heavy atom. The number of hydrogen-bond donors (Lipinski definition) is 0. The molecule has 0 saturated heterocycles. The highest BCUT2D eigenvalue weighted by Gasteiger charge is 2.20. The second-order valence-electron chi connectivity index (χ2n) is 4.72. The smallest absolute Gasteiger partial charge is 0.257 e. The van der Waals surface area contributed by atoms with Gasteiger partial charge >= 0.3 is 0 Å². The third kappa shape index (κ3) is 3.35. The lowest BCUT2D eigenvalue weighted by Gasteiger charge is -2.20. The van der Waals surface area contributed by atoms with Gasteiger partial charge in [-0.05, 0) is 37.6 Å². The SMILES string of the molecule is C[C@H](c1nnc(-c2cccs2)o1)N(C)Cc1ccc(Cl)s1. The van der Waals surface area contributed by atoms with E-state index in [0.29, 0.717) is 11.8 Å². The predicted octanol–water partition coefficient (Wildman–Crippen LogP) is 4.71. The van der Waals surface area contributed by atoms with Gasteiger partial charge in [-0.15, -0.1) is 32.9 Å². The molecule has 0 saturated carbocycles. The summed E-state index contributed by atoms with van der Waals surface area (Å²) in [6.07, 6.45) is 0. The summed E-state index contributed by atoms with van der Waals surface area (Å²) in [5, 5.41) is 10.3. The molecule has 0 N–H and O–H groups in total. The molecule has 0 aliphatic carbocycles. The molecule has 0 unspecified atom stereocenters. The maximum Gasteiger partial charge on any atom is 0.257 e. The molecule has 110 valence electrons. The molecular formula is C14H14ClN3OS2. The molecule has 0 fully saturated rings. The average molecular weight is 340 g/mol. The van der Waals surface area contributed by atoms with Gasteiger partial charge in [0, 0.05) is 11.4 Å². The second-order valence-corrected chi connectivity index (χ2v) is 7.47. The number of halogens is 1. The van der Waals surface area contributed by atoms with E-state index in [1.165, 1.54) is 4.88 Å². The van der Waals surface area contributed by atoms with E-state index >= 15 is 0 Å². The molecule has 0 radical (unpaired) electrons. The molecule has 0 aromatic carbocycles. The third-order valence-electron chi connectivity index (χ3n) is 3.23. The molecular weight excluding hydrogens is 326 g/mol. The third-order valence-corrected chi connectivity index (χ3v) is 5.30. The van der Waals surface area contributed by atoms with Crippen molar-refractivity contribution in [2.24, 2.45) is 0 Å². The van der Waals surface area contributed by atoms with Gasteiger partial charge in [0.2, 0.25) is 5.89 Å². The van der Waals surface area contributed by atoms with Crippen LogP contribution in [0.3, 0.4) is 0 Å². The molecule has 3 aromatic heterocycles. The van der Waals surface area contributed by atoms with E-state index in [1.54, 1.807) is 22.7 Å². The summed E-state index contributed by atoms with van der Waals surface area (Å²) in [7, 11) is 2.04. The topological polar surface area (TPSA) is 42.2 Å². The maximum absolute atomic E-state index is 5.96. The van der Waals surface area contributed by atoms with Crippen molar-refractivity contribution in [3.8, 4) is 10.8 Å². The van der Waals surface area contributed by atoms with Gasteiger partial charge in [0.25, 0.3) is 5.89 Å². The van der Waals surface area contributed by atoms with Crippen LogP contribution in [0.4, 0.5) is 0 Å². The fourth-order valence-corrected chi connectivity index (χ4v) is 3.71. The normalized spacial score (nSPS) is 13.0. The molecule has 4 nitrogen and oxygen atoms in total. The van der Waals surface area contributed by atoms with E-state index in [0.717, 1.165) is 15.8 Å². The standard InChI is InChI=1S/C14H14ClN3OS2/c1-9(18(2)8-10-5-6-12(15)21-10)13-16-17-14(19-13)11-4-3-7-20-11/h3-7,9H,8H2,1-2H3/t9-/m1/s1. The molecule has 0 amide bonds. The van der Waals surface area contributed by atoms with Crippen molar-refractivity contribution in [3.63, 3.8) is 0 Å². The van der Waals surface area contributed by atoms with Crippen LogP contribution < -0.4 is 0 Å². The molecule has 7 heteroatoms. The summed E-state index contributed by atoms with van der Waals surface area (Å²) < 4.78 is 6.59. The van der Waals surface area contributed by atoms with Crippen LogP contribution in [-0.2, 0) is 6.54 Å². The van der Waals surface area contributed by atoms with Gasteiger partial charge in [-0.3, -0.25) is 4.90 Å². The summed E-state index contributed by atoms with van der Waals surface area (Å²) in [4.78, 5) is 4.37. The molecule has 3 heterocycles. The predicted molar refractivity (Wildman–Crippen MR) is 86.8 cm³/mol. The highest BCUT2D eigenvalue weighted by atomic mass is 35.5. The van der Waals surface area contributed by atoms with Crippen LogP contribution in [0.1, 0.15) is 23.7 Å². The highest BCUT2D eigenvalue weighted by molar-refractivity contribution is 7.16. The van der Waals surface area contributed by atoms with Crippen LogP contribution in [0, 0.1) is 0 Å². The summed E-state index contributed by atoms with van der Waals surface area (Å²) in [6, 6.07) is 7.96. The molecule has 1 atom stereocenters. The first-order valence-electron chi connectivity index (χ1n) is 6.45. The minimum Gasteiger partial charge on any atom is -0.418 e. The Labute approximate surface area is 136 Å². The van der Waals surface area contributed by atoms with Gasteiger partial charge in [0.05, 0.1) is 15.3 Å². The largest absolute Gasteiger partial charge is 0.418 e. The minimum atomic E-state index is 0.0482. The van der Waals surface area contributed by atoms with Crippen LogP contribution >= 0.6 is 34.3 Å². The molecule has 0 spiro atoms. The number of rotatable bonds is 5. The molecule has 3 rings (SSSR count).